The number of nitriles is 1. The van der Waals surface area contributed by atoms with Crippen molar-refractivity contribution in [3.05, 3.63) is 10.4 Å². The number of rotatable bonds is 8. The molecule has 6 nitrogen and oxygen atoms in total. The first-order valence-corrected chi connectivity index (χ1v) is 7.45. The molecule has 1 aromatic rings. The van der Waals surface area contributed by atoms with E-state index in [2.05, 4.69) is 24.1 Å². The number of nitrogens with zero attached hydrogens (tertiary/aromatic N) is 2. The maximum absolute atomic E-state index is 11.4. The number of hydrogen-bond acceptors (Lipinski definition) is 6. The fourth-order valence-corrected chi connectivity index (χ4v) is 2.89. The van der Waals surface area contributed by atoms with E-state index < -0.39 is 5.91 Å². The molecule has 0 bridgehead atoms. The molecule has 0 aliphatic heterocycles. The summed E-state index contributed by atoms with van der Waals surface area (Å²) in [5.74, 6) is -0.605. The molecule has 7 heteroatoms. The molecule has 0 radical (unpaired) electrons. The van der Waals surface area contributed by atoms with Crippen LogP contribution < -0.4 is 16.8 Å². The highest BCUT2D eigenvalue weighted by atomic mass is 32.1. The van der Waals surface area contributed by atoms with Crippen molar-refractivity contribution in [2.75, 3.05) is 37.2 Å². The van der Waals surface area contributed by atoms with Crippen molar-refractivity contribution < 1.29 is 4.79 Å². The minimum absolute atomic E-state index is 0.177. The Labute approximate surface area is 123 Å². The summed E-state index contributed by atoms with van der Waals surface area (Å²) in [4.78, 5) is 14.0. The molecule has 0 atom stereocenters. The number of hydrogen-bond donors (Lipinski definition) is 3. The van der Waals surface area contributed by atoms with Crippen LogP contribution in [-0.2, 0) is 0 Å². The van der Waals surface area contributed by atoms with Gasteiger partial charge in [0.1, 0.15) is 15.9 Å². The summed E-state index contributed by atoms with van der Waals surface area (Å²) in [7, 11) is 0. The summed E-state index contributed by atoms with van der Waals surface area (Å²) >= 11 is 1.17. The monoisotopic (exact) mass is 295 g/mol. The fourth-order valence-electron chi connectivity index (χ4n) is 1.94. The minimum Gasteiger partial charge on any atom is -0.396 e. The molecule has 0 saturated carbocycles. The quantitative estimate of drug-likeness (QED) is 0.629. The molecule has 1 amide bonds. The number of carbonyl (C=O) groups excluding carboxylic acids is 1. The van der Waals surface area contributed by atoms with E-state index in [4.69, 9.17) is 16.7 Å². The van der Waals surface area contributed by atoms with Gasteiger partial charge in [-0.3, -0.25) is 4.79 Å². The highest BCUT2D eigenvalue weighted by Gasteiger charge is 2.19. The number of nitrogens with one attached hydrogen (secondary N) is 1. The van der Waals surface area contributed by atoms with Crippen molar-refractivity contribution in [1.82, 2.24) is 4.90 Å². The maximum Gasteiger partial charge on any atom is 0.253 e. The summed E-state index contributed by atoms with van der Waals surface area (Å²) in [5, 5.41) is 12.7. The minimum atomic E-state index is -0.605. The van der Waals surface area contributed by atoms with Crippen molar-refractivity contribution in [2.45, 2.75) is 20.3 Å². The fraction of sp³-hybridized carbons (Fsp3) is 0.538. The van der Waals surface area contributed by atoms with E-state index in [0.717, 1.165) is 26.1 Å². The number of carbonyl (C=O) groups is 1. The number of thiophene rings is 1. The van der Waals surface area contributed by atoms with E-state index in [9.17, 15) is 4.79 Å². The molecule has 0 aliphatic rings. The predicted octanol–water partition coefficient (Wildman–Crippen LogP) is 1.44. The molecule has 20 heavy (non-hydrogen) atoms. The van der Waals surface area contributed by atoms with Gasteiger partial charge in [-0.2, -0.15) is 5.26 Å². The molecule has 5 N–H and O–H groups in total. The van der Waals surface area contributed by atoms with Gasteiger partial charge in [-0.15, -0.1) is 11.3 Å². The van der Waals surface area contributed by atoms with Gasteiger partial charge >= 0.3 is 0 Å². The maximum atomic E-state index is 11.4. The summed E-state index contributed by atoms with van der Waals surface area (Å²) in [6.45, 7) is 7.99. The van der Waals surface area contributed by atoms with Gasteiger partial charge in [-0.05, 0) is 26.1 Å². The smallest absolute Gasteiger partial charge is 0.253 e. The molecule has 0 fully saturated rings. The van der Waals surface area contributed by atoms with Gasteiger partial charge in [0.05, 0.1) is 11.3 Å². The van der Waals surface area contributed by atoms with E-state index in [-0.39, 0.29) is 11.3 Å². The Morgan fingerprint density at radius 3 is 2.60 bits per heavy atom. The van der Waals surface area contributed by atoms with Gasteiger partial charge < -0.3 is 21.7 Å². The van der Waals surface area contributed by atoms with Crippen molar-refractivity contribution in [2.24, 2.45) is 5.73 Å². The first-order valence-electron chi connectivity index (χ1n) is 6.63. The van der Waals surface area contributed by atoms with Crippen LogP contribution in [0.1, 0.15) is 35.5 Å². The zero-order chi connectivity index (χ0) is 15.1. The number of nitrogens with two attached hydrogens (primary N) is 2. The molecular formula is C13H21N5OS. The highest BCUT2D eigenvalue weighted by molar-refractivity contribution is 7.17. The van der Waals surface area contributed by atoms with Gasteiger partial charge in [-0.1, -0.05) is 13.8 Å². The third-order valence-corrected chi connectivity index (χ3v) is 4.19. The molecule has 1 rings (SSSR count). The Bertz CT molecular complexity index is 502. The largest absolute Gasteiger partial charge is 0.396 e. The van der Waals surface area contributed by atoms with Crippen LogP contribution in [0, 0.1) is 11.3 Å². The molecule has 1 aromatic heterocycles. The highest BCUT2D eigenvalue weighted by Crippen LogP contribution is 2.34. The lowest BCUT2D eigenvalue weighted by Gasteiger charge is -2.17. The number of anilines is 2. The summed E-state index contributed by atoms with van der Waals surface area (Å²) in [6.07, 6.45) is 0.944. The summed E-state index contributed by atoms with van der Waals surface area (Å²) in [5.41, 5.74) is 11.5. The second-order valence-electron chi connectivity index (χ2n) is 4.33. The molecular weight excluding hydrogens is 274 g/mol. The van der Waals surface area contributed by atoms with Crippen molar-refractivity contribution in [3.63, 3.8) is 0 Å². The average Bonchev–Trinajstić information content (AvgIpc) is 2.75. The van der Waals surface area contributed by atoms with Crippen LogP contribution in [0.5, 0.6) is 0 Å². The van der Waals surface area contributed by atoms with Gasteiger partial charge in [0.15, 0.2) is 0 Å². The second-order valence-corrected chi connectivity index (χ2v) is 5.35. The topological polar surface area (TPSA) is 108 Å². The third kappa shape index (κ3) is 3.85. The lowest BCUT2D eigenvalue weighted by Crippen LogP contribution is -2.25. The Balaban J connectivity index is 2.65. The zero-order valence-corrected chi connectivity index (χ0v) is 12.7. The SMILES string of the molecule is CCN(CC)CCCNc1sc(C#N)c(N)c1C(N)=O. The van der Waals surface area contributed by atoms with Crippen LogP contribution in [0.15, 0.2) is 0 Å². The van der Waals surface area contributed by atoms with E-state index in [1.165, 1.54) is 11.3 Å². The number of nitrogen functional groups attached to an aromatic ring is 1. The van der Waals surface area contributed by atoms with Gasteiger partial charge in [0, 0.05) is 6.54 Å². The molecule has 0 saturated heterocycles. The first-order chi connectivity index (χ1) is 9.54. The first kappa shape index (κ1) is 16.3. The summed E-state index contributed by atoms with van der Waals surface area (Å²) in [6, 6.07) is 1.98. The average molecular weight is 295 g/mol. The van der Waals surface area contributed by atoms with Crippen LogP contribution in [0.3, 0.4) is 0 Å². The Morgan fingerprint density at radius 1 is 1.45 bits per heavy atom. The summed E-state index contributed by atoms with van der Waals surface area (Å²) < 4.78 is 0. The number of primary amides is 1. The van der Waals surface area contributed by atoms with Crippen LogP contribution in [0.4, 0.5) is 10.7 Å². The molecule has 0 aromatic carbocycles. The molecule has 1 heterocycles. The van der Waals surface area contributed by atoms with Crippen LogP contribution >= 0.6 is 11.3 Å². The normalized spacial score (nSPS) is 10.5. The van der Waals surface area contributed by atoms with Gasteiger partial charge in [0.2, 0.25) is 0 Å². The van der Waals surface area contributed by atoms with E-state index in [0.29, 0.717) is 16.4 Å². The van der Waals surface area contributed by atoms with E-state index in [1.807, 2.05) is 6.07 Å². The lowest BCUT2D eigenvalue weighted by molar-refractivity contribution is 0.100. The van der Waals surface area contributed by atoms with Crippen molar-refractivity contribution in [1.29, 1.82) is 5.26 Å². The van der Waals surface area contributed by atoms with E-state index in [1.54, 1.807) is 0 Å². The lowest BCUT2D eigenvalue weighted by atomic mass is 10.2. The van der Waals surface area contributed by atoms with Crippen molar-refractivity contribution in [3.8, 4) is 6.07 Å². The van der Waals surface area contributed by atoms with Crippen LogP contribution in [0.25, 0.3) is 0 Å². The Morgan fingerprint density at radius 2 is 2.10 bits per heavy atom. The second kappa shape index (κ2) is 7.72. The molecule has 0 spiro atoms. The van der Waals surface area contributed by atoms with Crippen LogP contribution in [0.2, 0.25) is 0 Å². The predicted molar refractivity (Wildman–Crippen MR) is 82.9 cm³/mol. The standard InChI is InChI=1S/C13H21N5OS/c1-3-18(4-2)7-5-6-17-13-10(12(16)19)11(15)9(8-14)20-13/h17H,3-7,15H2,1-2H3,(H2,16,19). The third-order valence-electron chi connectivity index (χ3n) is 3.12. The van der Waals surface area contributed by atoms with Gasteiger partial charge in [0.25, 0.3) is 5.91 Å². The molecule has 0 aliphatic carbocycles. The molecule has 110 valence electrons. The van der Waals surface area contributed by atoms with E-state index >= 15 is 0 Å². The number of amides is 1. The van der Waals surface area contributed by atoms with Crippen LogP contribution in [-0.4, -0.2) is 37.0 Å². The Hall–Kier alpha value is -1.78. The molecule has 0 unspecified atom stereocenters. The van der Waals surface area contributed by atoms with Crippen molar-refractivity contribution >= 4 is 27.9 Å². The zero-order valence-electron chi connectivity index (χ0n) is 11.9. The Kier molecular flexibility index (Phi) is 6.28. The van der Waals surface area contributed by atoms with Gasteiger partial charge in [-0.25, -0.2) is 0 Å².